The van der Waals surface area contributed by atoms with Crippen molar-refractivity contribution in [1.29, 1.82) is 0 Å². The van der Waals surface area contributed by atoms with E-state index in [1.54, 1.807) is 4.90 Å². The molecule has 1 aromatic carbocycles. The Morgan fingerprint density at radius 1 is 1.22 bits per heavy atom. The van der Waals surface area contributed by atoms with Gasteiger partial charge in [-0.25, -0.2) is 9.18 Å². The molecule has 1 aliphatic heterocycles. The summed E-state index contributed by atoms with van der Waals surface area (Å²) in [5.41, 5.74) is 1.98. The molecule has 3 N–H and O–H groups in total. The van der Waals surface area contributed by atoms with Gasteiger partial charge in [-0.05, 0) is 37.2 Å². The fourth-order valence-corrected chi connectivity index (χ4v) is 5.08. The summed E-state index contributed by atoms with van der Waals surface area (Å²) in [5.74, 6) is -2.49. The van der Waals surface area contributed by atoms with Crippen molar-refractivity contribution in [2.45, 2.75) is 37.5 Å². The number of fused-ring (bicyclic) bond motifs is 2. The van der Waals surface area contributed by atoms with Gasteiger partial charge in [0, 0.05) is 31.4 Å². The van der Waals surface area contributed by atoms with E-state index in [-0.39, 0.29) is 29.6 Å². The largest absolute Gasteiger partial charge is 0.477 e. The highest BCUT2D eigenvalue weighted by atomic mass is 19.4. The molecule has 170 valence electrons. The molecule has 0 amide bonds. The van der Waals surface area contributed by atoms with Gasteiger partial charge in [0.1, 0.15) is 5.56 Å². The Balaban J connectivity index is 1.77. The van der Waals surface area contributed by atoms with Crippen molar-refractivity contribution in [1.82, 2.24) is 4.57 Å². The van der Waals surface area contributed by atoms with Crippen molar-refractivity contribution < 1.29 is 27.5 Å². The van der Waals surface area contributed by atoms with Crippen LogP contribution in [0.25, 0.3) is 10.9 Å². The maximum atomic E-state index is 15.9. The molecule has 0 radical (unpaired) electrons. The number of rotatable bonds is 3. The van der Waals surface area contributed by atoms with Crippen LogP contribution < -0.4 is 16.1 Å². The number of hydrogen-bond acceptors (Lipinski definition) is 4. The number of nitrogens with zero attached hydrogens (tertiary/aromatic N) is 2. The van der Waals surface area contributed by atoms with Gasteiger partial charge in [0.25, 0.3) is 0 Å². The lowest BCUT2D eigenvalue weighted by molar-refractivity contribution is -0.136. The number of anilines is 1. The number of carbonyl (C=O) groups is 1. The molecular formula is C22H21F4N3O3. The minimum Gasteiger partial charge on any atom is -0.477 e. The minimum atomic E-state index is -4.97. The summed E-state index contributed by atoms with van der Waals surface area (Å²) in [7, 11) is 0. The normalized spacial score (nSPS) is 25.4. The van der Waals surface area contributed by atoms with Gasteiger partial charge in [-0.3, -0.25) is 4.79 Å². The number of alkyl halides is 3. The van der Waals surface area contributed by atoms with Crippen LogP contribution in [0.3, 0.4) is 0 Å². The second kappa shape index (κ2) is 7.06. The summed E-state index contributed by atoms with van der Waals surface area (Å²) in [4.78, 5) is 25.9. The molecular weight excluding hydrogens is 430 g/mol. The molecule has 0 spiro atoms. The van der Waals surface area contributed by atoms with Gasteiger partial charge >= 0.3 is 12.1 Å². The van der Waals surface area contributed by atoms with Crippen molar-refractivity contribution in [3.63, 3.8) is 0 Å². The molecule has 1 aromatic heterocycles. The average Bonchev–Trinajstić information content (AvgIpc) is 3.46. The van der Waals surface area contributed by atoms with E-state index in [2.05, 4.69) is 0 Å². The molecule has 32 heavy (non-hydrogen) atoms. The number of carboxylic acid groups (broad SMARTS) is 1. The molecule has 10 heteroatoms. The van der Waals surface area contributed by atoms with Gasteiger partial charge < -0.3 is 20.3 Å². The van der Waals surface area contributed by atoms with E-state index in [9.17, 15) is 27.9 Å². The highest BCUT2D eigenvalue weighted by molar-refractivity contribution is 5.95. The first kappa shape index (κ1) is 21.0. The zero-order chi connectivity index (χ0) is 22.9. The predicted octanol–water partition coefficient (Wildman–Crippen LogP) is 3.53. The van der Waals surface area contributed by atoms with E-state index in [1.165, 1.54) is 4.57 Å². The van der Waals surface area contributed by atoms with Gasteiger partial charge in [-0.2, -0.15) is 13.2 Å². The third kappa shape index (κ3) is 3.19. The molecule has 2 heterocycles. The van der Waals surface area contributed by atoms with Crippen LogP contribution in [0.4, 0.5) is 23.2 Å². The smallest absolute Gasteiger partial charge is 0.417 e. The molecule has 3 aliphatic rings. The standard InChI is InChI=1S/C22H21F4N3O3/c23-18-16(28-7-10-2-1-3-15(27)12(10)8-28)6-14(22(24,25)26)17-19(18)29(11-4-5-11)9-13(20(17)30)21(31)32/h1,3,6,9-12,15H,2,4-5,7-8,27H2,(H,31,32). The van der Waals surface area contributed by atoms with Gasteiger partial charge in [-0.1, -0.05) is 12.2 Å². The van der Waals surface area contributed by atoms with Crippen molar-refractivity contribution in [3.05, 3.63) is 51.6 Å². The highest BCUT2D eigenvalue weighted by Crippen LogP contribution is 2.44. The molecule has 3 atom stereocenters. The van der Waals surface area contributed by atoms with Crippen LogP contribution in [0, 0.1) is 17.7 Å². The summed E-state index contributed by atoms with van der Waals surface area (Å²) >= 11 is 0. The third-order valence-electron chi connectivity index (χ3n) is 6.82. The van der Waals surface area contributed by atoms with Crippen molar-refractivity contribution in [3.8, 4) is 0 Å². The number of benzene rings is 1. The molecule has 0 bridgehead atoms. The molecule has 2 aromatic rings. The summed E-state index contributed by atoms with van der Waals surface area (Å²) < 4.78 is 59.3. The van der Waals surface area contributed by atoms with Crippen LogP contribution in [0.5, 0.6) is 0 Å². The van der Waals surface area contributed by atoms with E-state index < -0.39 is 45.4 Å². The lowest BCUT2D eigenvalue weighted by Crippen LogP contribution is -2.35. The summed E-state index contributed by atoms with van der Waals surface area (Å²) in [6.45, 7) is 0.653. The fourth-order valence-electron chi connectivity index (χ4n) is 5.08. The number of aromatic nitrogens is 1. The van der Waals surface area contributed by atoms with Crippen LogP contribution in [-0.2, 0) is 6.18 Å². The Morgan fingerprint density at radius 2 is 1.94 bits per heavy atom. The fraction of sp³-hybridized carbons (Fsp3) is 0.455. The number of pyridine rings is 1. The quantitative estimate of drug-likeness (QED) is 0.551. The summed E-state index contributed by atoms with van der Waals surface area (Å²) in [5, 5.41) is 8.44. The average molecular weight is 451 g/mol. The van der Waals surface area contributed by atoms with Crippen LogP contribution >= 0.6 is 0 Å². The number of halogens is 4. The Hall–Kier alpha value is -2.88. The summed E-state index contributed by atoms with van der Waals surface area (Å²) in [6, 6.07) is 0.0472. The van der Waals surface area contributed by atoms with Gasteiger partial charge in [0.2, 0.25) is 5.43 Å². The molecule has 2 aliphatic carbocycles. The third-order valence-corrected chi connectivity index (χ3v) is 6.82. The number of aromatic carboxylic acids is 1. The molecule has 2 fully saturated rings. The monoisotopic (exact) mass is 451 g/mol. The lowest BCUT2D eigenvalue weighted by Gasteiger charge is -2.25. The van der Waals surface area contributed by atoms with Crippen LogP contribution in [0.2, 0.25) is 0 Å². The molecule has 1 saturated heterocycles. The number of carboxylic acids is 1. The van der Waals surface area contributed by atoms with E-state index in [4.69, 9.17) is 5.73 Å². The number of nitrogens with two attached hydrogens (primary N) is 1. The lowest BCUT2D eigenvalue weighted by atomic mass is 9.83. The SMILES string of the molecule is NC1C=CCC2CN(c3cc(C(F)(F)F)c4c(=O)c(C(=O)O)cn(C5CC5)c4c3F)CC12. The Bertz CT molecular complexity index is 1220. The zero-order valence-electron chi connectivity index (χ0n) is 16.9. The van der Waals surface area contributed by atoms with Crippen molar-refractivity contribution in [2.24, 2.45) is 17.6 Å². The maximum Gasteiger partial charge on any atom is 0.417 e. The first-order chi connectivity index (χ1) is 15.1. The van der Waals surface area contributed by atoms with E-state index in [0.29, 0.717) is 38.4 Å². The zero-order valence-corrected chi connectivity index (χ0v) is 16.9. The Morgan fingerprint density at radius 3 is 2.53 bits per heavy atom. The molecule has 5 rings (SSSR count). The number of hydrogen-bond donors (Lipinski definition) is 2. The molecule has 1 saturated carbocycles. The van der Waals surface area contributed by atoms with Crippen LogP contribution in [-0.4, -0.2) is 34.8 Å². The predicted molar refractivity (Wildman–Crippen MR) is 109 cm³/mol. The Labute approximate surface area is 179 Å². The van der Waals surface area contributed by atoms with E-state index in [0.717, 1.165) is 6.20 Å². The van der Waals surface area contributed by atoms with Gasteiger partial charge in [0.15, 0.2) is 5.82 Å². The van der Waals surface area contributed by atoms with E-state index in [1.807, 2.05) is 12.2 Å². The topological polar surface area (TPSA) is 88.6 Å². The number of allylic oxidation sites excluding steroid dienone is 1. The minimum absolute atomic E-state index is 0.00977. The van der Waals surface area contributed by atoms with E-state index >= 15 is 4.39 Å². The van der Waals surface area contributed by atoms with Crippen molar-refractivity contribution in [2.75, 3.05) is 18.0 Å². The second-order valence-corrected chi connectivity index (χ2v) is 8.86. The first-order valence-corrected chi connectivity index (χ1v) is 10.5. The summed E-state index contributed by atoms with van der Waals surface area (Å²) in [6.07, 6.45) is 1.65. The second-order valence-electron chi connectivity index (χ2n) is 8.86. The molecule has 3 unspecified atom stereocenters. The van der Waals surface area contributed by atoms with Crippen LogP contribution in [0.15, 0.2) is 29.2 Å². The van der Waals surface area contributed by atoms with Gasteiger partial charge in [0.05, 0.1) is 22.2 Å². The van der Waals surface area contributed by atoms with Crippen LogP contribution in [0.1, 0.15) is 41.2 Å². The molecule has 6 nitrogen and oxygen atoms in total. The van der Waals surface area contributed by atoms with Gasteiger partial charge in [-0.15, -0.1) is 0 Å². The maximum absolute atomic E-state index is 15.9. The highest BCUT2D eigenvalue weighted by Gasteiger charge is 2.42. The first-order valence-electron chi connectivity index (χ1n) is 10.5. The van der Waals surface area contributed by atoms with Crippen molar-refractivity contribution >= 4 is 22.6 Å². The Kier molecular flexibility index (Phi) is 4.63.